The molecule has 0 aliphatic carbocycles. The molecule has 0 aliphatic heterocycles. The Morgan fingerprint density at radius 2 is 1.92 bits per heavy atom. The zero-order chi connectivity index (χ0) is 16.9. The second-order valence-corrected chi connectivity index (χ2v) is 5.17. The lowest BCUT2D eigenvalue weighted by molar-refractivity contribution is 0.143. The summed E-state index contributed by atoms with van der Waals surface area (Å²) >= 11 is 0. The van der Waals surface area contributed by atoms with Crippen molar-refractivity contribution in [3.05, 3.63) is 30.1 Å². The number of halogens is 2. The molecule has 24 heavy (non-hydrogen) atoms. The SMILES string of the molecule is CCOCCCCNC(=NC)NCC(C)Oc1ccc(F)cc1.I. The molecule has 0 fully saturated rings. The number of hydrogen-bond donors (Lipinski definition) is 2. The fourth-order valence-corrected chi connectivity index (χ4v) is 1.93. The number of nitrogens with zero attached hydrogens (tertiary/aromatic N) is 1. The summed E-state index contributed by atoms with van der Waals surface area (Å²) in [5.74, 6) is 1.13. The predicted molar refractivity (Wildman–Crippen MR) is 107 cm³/mol. The van der Waals surface area contributed by atoms with Crippen molar-refractivity contribution >= 4 is 29.9 Å². The Morgan fingerprint density at radius 1 is 1.21 bits per heavy atom. The molecule has 1 unspecified atom stereocenters. The first kappa shape index (κ1) is 22.9. The Balaban J connectivity index is 0.00000529. The molecule has 0 radical (unpaired) electrons. The van der Waals surface area contributed by atoms with Crippen LogP contribution in [0.25, 0.3) is 0 Å². The molecule has 1 rings (SSSR count). The highest BCUT2D eigenvalue weighted by Crippen LogP contribution is 2.12. The maximum atomic E-state index is 12.8. The summed E-state index contributed by atoms with van der Waals surface area (Å²) in [6.07, 6.45) is 2.00. The quantitative estimate of drug-likeness (QED) is 0.247. The lowest BCUT2D eigenvalue weighted by atomic mass is 10.3. The van der Waals surface area contributed by atoms with Crippen LogP contribution in [0, 0.1) is 5.82 Å². The van der Waals surface area contributed by atoms with E-state index in [1.807, 2.05) is 13.8 Å². The summed E-state index contributed by atoms with van der Waals surface area (Å²) < 4.78 is 23.8. The van der Waals surface area contributed by atoms with Gasteiger partial charge in [0.25, 0.3) is 0 Å². The molecule has 1 aromatic rings. The van der Waals surface area contributed by atoms with Gasteiger partial charge in [-0.2, -0.15) is 0 Å². The van der Waals surface area contributed by atoms with Crippen LogP contribution in [0.2, 0.25) is 0 Å². The van der Waals surface area contributed by atoms with Gasteiger partial charge in [-0.05, 0) is 51.0 Å². The third kappa shape index (κ3) is 10.6. The largest absolute Gasteiger partial charge is 0.489 e. The first-order valence-electron chi connectivity index (χ1n) is 8.10. The molecule has 0 saturated heterocycles. The third-order valence-corrected chi connectivity index (χ3v) is 3.14. The Labute approximate surface area is 161 Å². The first-order valence-corrected chi connectivity index (χ1v) is 8.10. The molecular weight excluding hydrogens is 424 g/mol. The fourth-order valence-electron chi connectivity index (χ4n) is 1.93. The van der Waals surface area contributed by atoms with E-state index in [9.17, 15) is 4.39 Å². The second kappa shape index (κ2) is 14.3. The van der Waals surface area contributed by atoms with Gasteiger partial charge in [-0.15, -0.1) is 24.0 Å². The van der Waals surface area contributed by atoms with Crippen LogP contribution in [0.15, 0.2) is 29.3 Å². The molecule has 138 valence electrons. The number of guanidine groups is 1. The van der Waals surface area contributed by atoms with Gasteiger partial charge in [0.15, 0.2) is 5.96 Å². The van der Waals surface area contributed by atoms with E-state index in [0.29, 0.717) is 12.3 Å². The van der Waals surface area contributed by atoms with Crippen molar-refractivity contribution in [2.24, 2.45) is 4.99 Å². The van der Waals surface area contributed by atoms with Crippen LogP contribution in [-0.4, -0.2) is 45.4 Å². The molecule has 0 aromatic heterocycles. The van der Waals surface area contributed by atoms with Crippen LogP contribution in [0.5, 0.6) is 5.75 Å². The van der Waals surface area contributed by atoms with E-state index in [1.165, 1.54) is 12.1 Å². The summed E-state index contributed by atoms with van der Waals surface area (Å²) in [4.78, 5) is 4.17. The molecule has 0 bridgehead atoms. The maximum Gasteiger partial charge on any atom is 0.191 e. The minimum atomic E-state index is -0.267. The molecule has 0 aliphatic rings. The smallest absolute Gasteiger partial charge is 0.191 e. The monoisotopic (exact) mass is 453 g/mol. The Kier molecular flexibility index (Phi) is 13.6. The highest BCUT2D eigenvalue weighted by atomic mass is 127. The lowest BCUT2D eigenvalue weighted by Gasteiger charge is -2.17. The number of aliphatic imine (C=N–C) groups is 1. The number of nitrogens with one attached hydrogen (secondary N) is 2. The summed E-state index contributed by atoms with van der Waals surface area (Å²) in [6, 6.07) is 6.02. The fraction of sp³-hybridized carbons (Fsp3) is 0.588. The summed E-state index contributed by atoms with van der Waals surface area (Å²) in [7, 11) is 1.74. The van der Waals surface area contributed by atoms with Gasteiger partial charge in [0, 0.05) is 26.8 Å². The van der Waals surface area contributed by atoms with Crippen LogP contribution in [0.3, 0.4) is 0 Å². The van der Waals surface area contributed by atoms with Crippen molar-refractivity contribution in [2.45, 2.75) is 32.8 Å². The molecule has 0 heterocycles. The van der Waals surface area contributed by atoms with E-state index in [2.05, 4.69) is 15.6 Å². The van der Waals surface area contributed by atoms with Gasteiger partial charge in [0.05, 0.1) is 6.54 Å². The van der Waals surface area contributed by atoms with Gasteiger partial charge in [0.2, 0.25) is 0 Å². The van der Waals surface area contributed by atoms with Crippen LogP contribution in [0.4, 0.5) is 4.39 Å². The molecule has 0 saturated carbocycles. The van der Waals surface area contributed by atoms with E-state index in [0.717, 1.165) is 38.6 Å². The zero-order valence-corrected chi connectivity index (χ0v) is 17.0. The Hall–Kier alpha value is -1.09. The van der Waals surface area contributed by atoms with Crippen molar-refractivity contribution in [2.75, 3.05) is 33.4 Å². The normalized spacial score (nSPS) is 12.2. The van der Waals surface area contributed by atoms with Crippen molar-refractivity contribution in [3.8, 4) is 5.75 Å². The van der Waals surface area contributed by atoms with Crippen molar-refractivity contribution in [1.82, 2.24) is 10.6 Å². The highest BCUT2D eigenvalue weighted by molar-refractivity contribution is 14.0. The van der Waals surface area contributed by atoms with E-state index in [1.54, 1.807) is 19.2 Å². The average molecular weight is 453 g/mol. The van der Waals surface area contributed by atoms with Crippen molar-refractivity contribution in [1.29, 1.82) is 0 Å². The standard InChI is InChI=1S/C17H28FN3O2.HI/c1-4-22-12-6-5-11-20-17(19-3)21-13-14(2)23-16-9-7-15(18)8-10-16;/h7-10,14H,4-6,11-13H2,1-3H3,(H2,19,20,21);1H. The van der Waals surface area contributed by atoms with Crippen molar-refractivity contribution in [3.63, 3.8) is 0 Å². The minimum absolute atomic E-state index is 0. The van der Waals surface area contributed by atoms with Crippen LogP contribution in [-0.2, 0) is 4.74 Å². The summed E-state index contributed by atoms with van der Waals surface area (Å²) in [5.41, 5.74) is 0. The number of rotatable bonds is 10. The van der Waals surface area contributed by atoms with Crippen LogP contribution < -0.4 is 15.4 Å². The summed E-state index contributed by atoms with van der Waals surface area (Å²) in [5, 5.41) is 6.46. The molecule has 2 N–H and O–H groups in total. The maximum absolute atomic E-state index is 12.8. The second-order valence-electron chi connectivity index (χ2n) is 5.17. The predicted octanol–water partition coefficient (Wildman–Crippen LogP) is 3.19. The number of unbranched alkanes of at least 4 members (excludes halogenated alkanes) is 1. The average Bonchev–Trinajstić information content (AvgIpc) is 2.55. The minimum Gasteiger partial charge on any atom is -0.489 e. The highest BCUT2D eigenvalue weighted by Gasteiger charge is 2.05. The van der Waals surface area contributed by atoms with E-state index in [4.69, 9.17) is 9.47 Å². The van der Waals surface area contributed by atoms with E-state index >= 15 is 0 Å². The molecule has 1 atom stereocenters. The van der Waals surface area contributed by atoms with Crippen LogP contribution >= 0.6 is 24.0 Å². The lowest BCUT2D eigenvalue weighted by Crippen LogP contribution is -2.42. The van der Waals surface area contributed by atoms with Crippen LogP contribution in [0.1, 0.15) is 26.7 Å². The van der Waals surface area contributed by atoms with Gasteiger partial charge >= 0.3 is 0 Å². The van der Waals surface area contributed by atoms with Gasteiger partial charge in [0.1, 0.15) is 17.7 Å². The van der Waals surface area contributed by atoms with Gasteiger partial charge < -0.3 is 20.1 Å². The number of benzene rings is 1. The molecular formula is C17H29FIN3O2. The summed E-state index contributed by atoms with van der Waals surface area (Å²) in [6.45, 7) is 6.97. The molecule has 0 spiro atoms. The molecule has 7 heteroatoms. The third-order valence-electron chi connectivity index (χ3n) is 3.14. The van der Waals surface area contributed by atoms with Gasteiger partial charge in [-0.1, -0.05) is 0 Å². The zero-order valence-electron chi connectivity index (χ0n) is 14.7. The number of ether oxygens (including phenoxy) is 2. The Morgan fingerprint density at radius 3 is 2.54 bits per heavy atom. The van der Waals surface area contributed by atoms with Gasteiger partial charge in [-0.25, -0.2) is 4.39 Å². The van der Waals surface area contributed by atoms with E-state index < -0.39 is 0 Å². The molecule has 1 aromatic carbocycles. The van der Waals surface area contributed by atoms with Gasteiger partial charge in [-0.3, -0.25) is 4.99 Å². The van der Waals surface area contributed by atoms with E-state index in [-0.39, 0.29) is 35.9 Å². The number of hydrogen-bond acceptors (Lipinski definition) is 3. The first-order chi connectivity index (χ1) is 11.2. The van der Waals surface area contributed by atoms with Crippen molar-refractivity contribution < 1.29 is 13.9 Å². The molecule has 5 nitrogen and oxygen atoms in total. The Bertz CT molecular complexity index is 458. The molecule has 0 amide bonds. The topological polar surface area (TPSA) is 54.9 Å².